The summed E-state index contributed by atoms with van der Waals surface area (Å²) in [5.41, 5.74) is 4.58. The lowest BCUT2D eigenvalue weighted by Crippen LogP contribution is -2.73. The minimum absolute atomic E-state index is 0.00907. The summed E-state index contributed by atoms with van der Waals surface area (Å²) in [5.74, 6) is -0.757. The average molecular weight is 445 g/mol. The molecular formula is C24H33ClN4O2. The molecule has 3 unspecified atom stereocenters. The van der Waals surface area contributed by atoms with Gasteiger partial charge in [0.2, 0.25) is 0 Å². The molecule has 3 saturated heterocycles. The highest BCUT2D eigenvalue weighted by Crippen LogP contribution is 2.31. The number of benzene rings is 1. The molecule has 0 bridgehead atoms. The number of carbonyl (C=O) groups is 2. The van der Waals surface area contributed by atoms with Crippen LogP contribution in [0.5, 0.6) is 0 Å². The van der Waals surface area contributed by atoms with Gasteiger partial charge in [-0.2, -0.15) is 0 Å². The lowest BCUT2D eigenvalue weighted by molar-refractivity contribution is -0.167. The number of piperidine rings is 2. The Labute approximate surface area is 189 Å². The molecule has 6 nitrogen and oxygen atoms in total. The van der Waals surface area contributed by atoms with Crippen LogP contribution in [-0.4, -0.2) is 76.8 Å². The van der Waals surface area contributed by atoms with Gasteiger partial charge in [-0.1, -0.05) is 18.2 Å². The Morgan fingerprint density at radius 1 is 1.10 bits per heavy atom. The van der Waals surface area contributed by atoms with Gasteiger partial charge >= 0.3 is 11.8 Å². The van der Waals surface area contributed by atoms with E-state index in [0.29, 0.717) is 6.54 Å². The number of nitrogens with one attached hydrogen (secondary N) is 1. The summed E-state index contributed by atoms with van der Waals surface area (Å²) in [6.45, 7) is 3.57. The molecule has 0 radical (unpaired) electrons. The fraction of sp³-hybridized carbons (Fsp3) is 0.667. The number of alkyl halides is 1. The fourth-order valence-corrected chi connectivity index (χ4v) is 6.32. The van der Waals surface area contributed by atoms with Gasteiger partial charge in [0.05, 0.1) is 6.04 Å². The molecule has 3 atom stereocenters. The van der Waals surface area contributed by atoms with Gasteiger partial charge in [-0.15, -0.1) is 11.6 Å². The highest BCUT2D eigenvalue weighted by Gasteiger charge is 2.49. The van der Waals surface area contributed by atoms with Crippen molar-refractivity contribution in [2.24, 2.45) is 0 Å². The molecule has 2 amide bonds. The summed E-state index contributed by atoms with van der Waals surface area (Å²) in [4.78, 5) is 31.6. The van der Waals surface area contributed by atoms with Crippen LogP contribution in [-0.2, 0) is 29.0 Å². The second-order valence-corrected chi connectivity index (χ2v) is 10.3. The molecule has 168 valence electrons. The number of likely N-dealkylation sites (tertiary alicyclic amines) is 1. The van der Waals surface area contributed by atoms with Crippen molar-refractivity contribution < 1.29 is 9.59 Å². The highest BCUT2D eigenvalue weighted by molar-refractivity contribution is 6.35. The summed E-state index contributed by atoms with van der Waals surface area (Å²) in [5, 5.41) is 3.44. The van der Waals surface area contributed by atoms with E-state index in [9.17, 15) is 9.59 Å². The van der Waals surface area contributed by atoms with E-state index < -0.39 is 5.91 Å². The van der Waals surface area contributed by atoms with Crippen LogP contribution in [0, 0.1) is 0 Å². The molecule has 31 heavy (non-hydrogen) atoms. The number of amides is 2. The zero-order valence-corrected chi connectivity index (χ0v) is 19.1. The van der Waals surface area contributed by atoms with Crippen LogP contribution in [0.4, 0.5) is 0 Å². The van der Waals surface area contributed by atoms with Crippen molar-refractivity contribution in [2.45, 2.75) is 75.1 Å². The Kier molecular flexibility index (Phi) is 5.97. The molecule has 1 aromatic carbocycles. The number of nitrogens with zero attached hydrogens (tertiary/aromatic N) is 3. The van der Waals surface area contributed by atoms with Crippen LogP contribution in [0.3, 0.4) is 0 Å². The van der Waals surface area contributed by atoms with E-state index in [0.717, 1.165) is 38.9 Å². The number of fused-ring (bicyclic) bond motifs is 2. The SMILES string of the molecule is CN1C(=O)C(=O)N(C2CCN(Cc3cccc4c3CCCC4)CC2)C2NCC(Cl)CC21. The zero-order chi connectivity index (χ0) is 21.5. The van der Waals surface area contributed by atoms with Crippen molar-refractivity contribution in [1.29, 1.82) is 0 Å². The topological polar surface area (TPSA) is 55.9 Å². The highest BCUT2D eigenvalue weighted by atomic mass is 35.5. The summed E-state index contributed by atoms with van der Waals surface area (Å²) < 4.78 is 0. The largest absolute Gasteiger partial charge is 0.331 e. The van der Waals surface area contributed by atoms with Crippen molar-refractivity contribution in [2.75, 3.05) is 26.7 Å². The fourth-order valence-electron chi connectivity index (χ4n) is 6.05. The third-order valence-corrected chi connectivity index (χ3v) is 8.12. The van der Waals surface area contributed by atoms with E-state index in [1.807, 2.05) is 4.90 Å². The van der Waals surface area contributed by atoms with Gasteiger partial charge < -0.3 is 9.80 Å². The van der Waals surface area contributed by atoms with Gasteiger partial charge in [-0.25, -0.2) is 0 Å². The molecule has 5 rings (SSSR count). The molecule has 0 saturated carbocycles. The van der Waals surface area contributed by atoms with Crippen molar-refractivity contribution >= 4 is 23.4 Å². The molecule has 1 aromatic rings. The second kappa shape index (κ2) is 8.72. The van der Waals surface area contributed by atoms with E-state index in [4.69, 9.17) is 11.6 Å². The smallest absolute Gasteiger partial charge is 0.313 e. The third kappa shape index (κ3) is 3.98. The molecule has 1 N–H and O–H groups in total. The average Bonchev–Trinajstić information content (AvgIpc) is 2.79. The summed E-state index contributed by atoms with van der Waals surface area (Å²) in [7, 11) is 1.73. The predicted molar refractivity (Wildman–Crippen MR) is 121 cm³/mol. The van der Waals surface area contributed by atoms with Gasteiger partial charge in [-0.3, -0.25) is 19.8 Å². The Bertz CT molecular complexity index is 854. The van der Waals surface area contributed by atoms with Crippen LogP contribution in [0.25, 0.3) is 0 Å². The maximum Gasteiger partial charge on any atom is 0.313 e. The number of piperazine rings is 1. The van der Waals surface area contributed by atoms with Crippen molar-refractivity contribution in [3.05, 3.63) is 34.9 Å². The van der Waals surface area contributed by atoms with Gasteiger partial charge in [0.15, 0.2) is 0 Å². The van der Waals surface area contributed by atoms with Gasteiger partial charge in [0.25, 0.3) is 0 Å². The minimum Gasteiger partial charge on any atom is -0.331 e. The number of halogens is 1. The second-order valence-electron chi connectivity index (χ2n) is 9.65. The number of carbonyl (C=O) groups excluding carboxylic acids is 2. The standard InChI is InChI=1S/C24H33ClN4O2/c1-27-21-13-18(25)14-26-22(21)29(24(31)23(27)30)19-9-11-28(12-10-19)15-17-7-4-6-16-5-2-3-8-20(16)17/h4,6-7,18-19,21-22,26H,2-3,5,8-15H2,1H3. The summed E-state index contributed by atoms with van der Waals surface area (Å²) in [6, 6.07) is 6.85. The van der Waals surface area contributed by atoms with Gasteiger partial charge in [0, 0.05) is 44.6 Å². The molecule has 7 heteroatoms. The predicted octanol–water partition coefficient (Wildman–Crippen LogP) is 2.13. The maximum atomic E-state index is 13.0. The minimum atomic E-state index is -0.396. The van der Waals surface area contributed by atoms with E-state index in [1.54, 1.807) is 17.5 Å². The van der Waals surface area contributed by atoms with E-state index in [1.165, 1.54) is 36.8 Å². The van der Waals surface area contributed by atoms with Crippen LogP contribution >= 0.6 is 11.6 Å². The quantitative estimate of drug-likeness (QED) is 0.573. The number of hydrogen-bond acceptors (Lipinski definition) is 4. The van der Waals surface area contributed by atoms with Crippen LogP contribution in [0.2, 0.25) is 0 Å². The molecule has 3 fully saturated rings. The lowest BCUT2D eigenvalue weighted by atomic mass is 9.88. The van der Waals surface area contributed by atoms with E-state index >= 15 is 0 Å². The number of aryl methyl sites for hydroxylation is 1. The molecule has 4 aliphatic rings. The molecule has 3 heterocycles. The van der Waals surface area contributed by atoms with Crippen LogP contribution in [0.15, 0.2) is 18.2 Å². The molecular weight excluding hydrogens is 412 g/mol. The van der Waals surface area contributed by atoms with Crippen LogP contribution < -0.4 is 5.32 Å². The molecule has 0 aromatic heterocycles. The Morgan fingerprint density at radius 3 is 2.68 bits per heavy atom. The molecule has 0 spiro atoms. The number of likely N-dealkylation sites (N-methyl/N-ethyl adjacent to an activating group) is 1. The molecule has 3 aliphatic heterocycles. The zero-order valence-electron chi connectivity index (χ0n) is 18.4. The lowest BCUT2D eigenvalue weighted by Gasteiger charge is -2.52. The van der Waals surface area contributed by atoms with Crippen molar-refractivity contribution in [3.8, 4) is 0 Å². The normalized spacial score (nSPS) is 30.3. The van der Waals surface area contributed by atoms with Crippen LogP contribution in [0.1, 0.15) is 48.8 Å². The third-order valence-electron chi connectivity index (χ3n) is 7.78. The summed E-state index contributed by atoms with van der Waals surface area (Å²) >= 11 is 6.36. The maximum absolute atomic E-state index is 13.0. The molecule has 1 aliphatic carbocycles. The first kappa shape index (κ1) is 21.2. The summed E-state index contributed by atoms with van der Waals surface area (Å²) in [6.07, 6.45) is 7.44. The van der Waals surface area contributed by atoms with E-state index in [-0.39, 0.29) is 29.5 Å². The van der Waals surface area contributed by atoms with Crippen molar-refractivity contribution in [3.63, 3.8) is 0 Å². The Hall–Kier alpha value is -1.63. The Balaban J connectivity index is 1.26. The number of hydrogen-bond donors (Lipinski definition) is 1. The first-order valence-electron chi connectivity index (χ1n) is 11.8. The Morgan fingerprint density at radius 2 is 1.87 bits per heavy atom. The first-order valence-corrected chi connectivity index (χ1v) is 12.3. The van der Waals surface area contributed by atoms with Gasteiger partial charge in [0.1, 0.15) is 6.17 Å². The van der Waals surface area contributed by atoms with Crippen molar-refractivity contribution in [1.82, 2.24) is 20.0 Å². The van der Waals surface area contributed by atoms with Gasteiger partial charge in [-0.05, 0) is 61.6 Å². The van der Waals surface area contributed by atoms with E-state index in [2.05, 4.69) is 28.4 Å². The number of rotatable bonds is 3. The first-order chi connectivity index (χ1) is 15.0. The monoisotopic (exact) mass is 444 g/mol.